The van der Waals surface area contributed by atoms with Gasteiger partial charge in [0.1, 0.15) is 10.6 Å². The first-order valence-electron chi connectivity index (χ1n) is 5.55. The predicted molar refractivity (Wildman–Crippen MR) is 69.0 cm³/mol. The van der Waals surface area contributed by atoms with Gasteiger partial charge in [0.15, 0.2) is 6.61 Å². The molecule has 1 aromatic rings. The van der Waals surface area contributed by atoms with Crippen LogP contribution < -0.4 is 15.2 Å². The minimum absolute atomic E-state index is 0.177. The highest BCUT2D eigenvalue weighted by Crippen LogP contribution is 2.24. The van der Waals surface area contributed by atoms with E-state index in [1.165, 1.54) is 0 Å². The number of hydrogen-bond acceptors (Lipinski definition) is 5. The standard InChI is InChI=1S/C11H14N2O6S/c1-2-13-10(14)6-19-8-4-3-7(11(15)16)5-9(8)20(12,17)18/h3-5H,2,6H2,1H3,(H,13,14)(H,15,16)(H2,12,17,18). The van der Waals surface area contributed by atoms with E-state index in [1.807, 2.05) is 0 Å². The molecule has 0 saturated heterocycles. The van der Waals surface area contributed by atoms with Crippen LogP contribution in [-0.4, -0.2) is 38.6 Å². The number of primary sulfonamides is 1. The molecule has 0 atom stereocenters. The molecule has 1 aromatic carbocycles. The fourth-order valence-electron chi connectivity index (χ4n) is 1.37. The van der Waals surface area contributed by atoms with Crippen LogP contribution in [0.2, 0.25) is 0 Å². The first-order chi connectivity index (χ1) is 9.25. The zero-order chi connectivity index (χ0) is 15.3. The number of likely N-dealkylation sites (N-methyl/N-ethyl adjacent to an activating group) is 1. The van der Waals surface area contributed by atoms with Gasteiger partial charge in [-0.1, -0.05) is 0 Å². The van der Waals surface area contributed by atoms with Crippen molar-refractivity contribution in [1.29, 1.82) is 0 Å². The second-order valence-corrected chi connectivity index (χ2v) is 5.28. The number of benzene rings is 1. The van der Waals surface area contributed by atoms with Crippen molar-refractivity contribution < 1.29 is 27.9 Å². The van der Waals surface area contributed by atoms with E-state index in [9.17, 15) is 18.0 Å². The summed E-state index contributed by atoms with van der Waals surface area (Å²) < 4.78 is 27.9. The molecule has 0 fully saturated rings. The number of ether oxygens (including phenoxy) is 1. The number of nitrogens with one attached hydrogen (secondary N) is 1. The molecule has 0 aliphatic carbocycles. The van der Waals surface area contributed by atoms with Gasteiger partial charge in [-0.25, -0.2) is 18.4 Å². The smallest absolute Gasteiger partial charge is 0.335 e. The van der Waals surface area contributed by atoms with E-state index in [0.29, 0.717) is 6.54 Å². The first kappa shape index (κ1) is 15.9. The number of sulfonamides is 1. The number of carbonyl (C=O) groups is 2. The maximum absolute atomic E-state index is 11.4. The van der Waals surface area contributed by atoms with Crippen LogP contribution in [0.3, 0.4) is 0 Å². The summed E-state index contributed by atoms with van der Waals surface area (Å²) in [7, 11) is -4.17. The van der Waals surface area contributed by atoms with Gasteiger partial charge in [0.2, 0.25) is 10.0 Å². The monoisotopic (exact) mass is 302 g/mol. The van der Waals surface area contributed by atoms with Crippen LogP contribution in [0.4, 0.5) is 0 Å². The van der Waals surface area contributed by atoms with E-state index in [2.05, 4.69) is 5.32 Å². The van der Waals surface area contributed by atoms with E-state index >= 15 is 0 Å². The third kappa shape index (κ3) is 4.21. The second-order valence-electron chi connectivity index (χ2n) is 3.75. The molecule has 0 unspecified atom stereocenters. The molecular weight excluding hydrogens is 288 g/mol. The molecule has 1 amide bonds. The van der Waals surface area contributed by atoms with Crippen molar-refractivity contribution in [2.45, 2.75) is 11.8 Å². The summed E-state index contributed by atoms with van der Waals surface area (Å²) in [6, 6.07) is 3.18. The van der Waals surface area contributed by atoms with Crippen LogP contribution in [0.15, 0.2) is 23.1 Å². The Morgan fingerprint density at radius 1 is 1.40 bits per heavy atom. The molecule has 0 saturated carbocycles. The second kappa shape index (κ2) is 6.35. The van der Waals surface area contributed by atoms with E-state index < -0.39 is 33.4 Å². The van der Waals surface area contributed by atoms with E-state index in [-0.39, 0.29) is 11.3 Å². The number of carboxylic acid groups (broad SMARTS) is 1. The molecule has 0 radical (unpaired) electrons. The molecule has 9 heteroatoms. The van der Waals surface area contributed by atoms with Crippen LogP contribution in [0.5, 0.6) is 5.75 Å². The van der Waals surface area contributed by atoms with Crippen LogP contribution in [0.1, 0.15) is 17.3 Å². The molecule has 0 bridgehead atoms. The summed E-state index contributed by atoms with van der Waals surface area (Å²) in [6.07, 6.45) is 0. The van der Waals surface area contributed by atoms with Crippen molar-refractivity contribution in [3.05, 3.63) is 23.8 Å². The molecule has 20 heavy (non-hydrogen) atoms. The highest BCUT2D eigenvalue weighted by molar-refractivity contribution is 7.89. The fraction of sp³-hybridized carbons (Fsp3) is 0.273. The van der Waals surface area contributed by atoms with E-state index in [0.717, 1.165) is 18.2 Å². The van der Waals surface area contributed by atoms with Gasteiger partial charge in [0.25, 0.3) is 5.91 Å². The minimum atomic E-state index is -4.17. The molecule has 4 N–H and O–H groups in total. The normalized spacial score (nSPS) is 10.9. The summed E-state index contributed by atoms with van der Waals surface area (Å²) in [5.41, 5.74) is -0.251. The topological polar surface area (TPSA) is 136 Å². The fourth-order valence-corrected chi connectivity index (χ4v) is 2.07. The van der Waals surface area contributed by atoms with Crippen molar-refractivity contribution >= 4 is 21.9 Å². The number of hydrogen-bond donors (Lipinski definition) is 3. The minimum Gasteiger partial charge on any atom is -0.482 e. The third-order valence-electron chi connectivity index (χ3n) is 2.23. The van der Waals surface area contributed by atoms with Crippen molar-refractivity contribution in [1.82, 2.24) is 5.32 Å². The van der Waals surface area contributed by atoms with Crippen LogP contribution >= 0.6 is 0 Å². The number of rotatable bonds is 6. The largest absolute Gasteiger partial charge is 0.482 e. The molecule has 0 aliphatic heterocycles. The van der Waals surface area contributed by atoms with Crippen LogP contribution in [0.25, 0.3) is 0 Å². The maximum atomic E-state index is 11.4. The number of amides is 1. The molecule has 0 aliphatic rings. The highest BCUT2D eigenvalue weighted by Gasteiger charge is 2.18. The average Bonchev–Trinajstić information content (AvgIpc) is 2.35. The zero-order valence-electron chi connectivity index (χ0n) is 10.6. The Labute approximate surface area is 115 Å². The molecular formula is C11H14N2O6S. The molecule has 0 spiro atoms. The number of aromatic carboxylic acids is 1. The summed E-state index contributed by atoms with van der Waals surface area (Å²) in [5.74, 6) is -1.91. The lowest BCUT2D eigenvalue weighted by Crippen LogP contribution is -2.28. The lowest BCUT2D eigenvalue weighted by atomic mass is 10.2. The highest BCUT2D eigenvalue weighted by atomic mass is 32.2. The number of carbonyl (C=O) groups excluding carboxylic acids is 1. The van der Waals surface area contributed by atoms with E-state index in [1.54, 1.807) is 6.92 Å². The van der Waals surface area contributed by atoms with Gasteiger partial charge in [0, 0.05) is 6.54 Å². The predicted octanol–water partition coefficient (Wildman–Crippen LogP) is -0.453. The van der Waals surface area contributed by atoms with Gasteiger partial charge in [-0.15, -0.1) is 0 Å². The Morgan fingerprint density at radius 3 is 2.55 bits per heavy atom. The van der Waals surface area contributed by atoms with Gasteiger partial charge >= 0.3 is 5.97 Å². The van der Waals surface area contributed by atoms with Gasteiger partial charge in [-0.2, -0.15) is 0 Å². The number of carboxylic acids is 1. The Bertz CT molecular complexity index is 626. The molecule has 1 rings (SSSR count). The summed E-state index contributed by atoms with van der Waals surface area (Å²) in [6.45, 7) is 1.72. The van der Waals surface area contributed by atoms with Gasteiger partial charge in [-0.3, -0.25) is 4.79 Å². The van der Waals surface area contributed by atoms with Crippen molar-refractivity contribution in [3.63, 3.8) is 0 Å². The molecule has 0 aromatic heterocycles. The van der Waals surface area contributed by atoms with Gasteiger partial charge in [-0.05, 0) is 25.1 Å². The average molecular weight is 302 g/mol. The zero-order valence-corrected chi connectivity index (χ0v) is 11.4. The first-order valence-corrected chi connectivity index (χ1v) is 7.10. The Balaban J connectivity index is 3.07. The lowest BCUT2D eigenvalue weighted by Gasteiger charge is -2.10. The SMILES string of the molecule is CCNC(=O)COc1ccc(C(=O)O)cc1S(N)(=O)=O. The Morgan fingerprint density at radius 2 is 2.05 bits per heavy atom. The molecule has 8 nitrogen and oxygen atoms in total. The maximum Gasteiger partial charge on any atom is 0.335 e. The Hall–Kier alpha value is -2.13. The number of nitrogens with two attached hydrogens (primary N) is 1. The molecule has 0 heterocycles. The summed E-state index contributed by atoms with van der Waals surface area (Å²) in [4.78, 5) is 21.6. The lowest BCUT2D eigenvalue weighted by molar-refractivity contribution is -0.123. The van der Waals surface area contributed by atoms with Gasteiger partial charge < -0.3 is 15.2 Å². The van der Waals surface area contributed by atoms with Crippen LogP contribution in [0, 0.1) is 0 Å². The van der Waals surface area contributed by atoms with Gasteiger partial charge in [0.05, 0.1) is 5.56 Å². The summed E-state index contributed by atoms with van der Waals surface area (Å²) >= 11 is 0. The van der Waals surface area contributed by atoms with Crippen molar-refractivity contribution in [3.8, 4) is 5.75 Å². The van der Waals surface area contributed by atoms with Crippen LogP contribution in [-0.2, 0) is 14.8 Å². The summed E-state index contributed by atoms with van der Waals surface area (Å²) in [5, 5.41) is 16.3. The van der Waals surface area contributed by atoms with Crippen molar-refractivity contribution in [2.24, 2.45) is 5.14 Å². The van der Waals surface area contributed by atoms with Crippen molar-refractivity contribution in [2.75, 3.05) is 13.2 Å². The van der Waals surface area contributed by atoms with E-state index in [4.69, 9.17) is 15.0 Å². The molecule has 110 valence electrons. The third-order valence-corrected chi connectivity index (χ3v) is 3.16. The quantitative estimate of drug-likeness (QED) is 0.651. The Kier molecular flexibility index (Phi) is 5.06.